The lowest BCUT2D eigenvalue weighted by Crippen LogP contribution is -2.37. The van der Waals surface area contributed by atoms with Crippen LogP contribution < -0.4 is 10.2 Å². The second-order valence-corrected chi connectivity index (χ2v) is 6.85. The van der Waals surface area contributed by atoms with E-state index in [-0.39, 0.29) is 6.04 Å². The molecule has 1 unspecified atom stereocenters. The van der Waals surface area contributed by atoms with E-state index in [1.54, 1.807) is 13.1 Å². The maximum absolute atomic E-state index is 12.3. The number of alkyl halides is 3. The predicted octanol–water partition coefficient (Wildman–Crippen LogP) is 2.25. The summed E-state index contributed by atoms with van der Waals surface area (Å²) in [7, 11) is 0. The van der Waals surface area contributed by atoms with Crippen molar-refractivity contribution in [2.75, 3.05) is 18.0 Å². The molecule has 1 aliphatic heterocycles. The van der Waals surface area contributed by atoms with Gasteiger partial charge in [0.05, 0.1) is 11.8 Å². The molecule has 8 nitrogen and oxygen atoms in total. The van der Waals surface area contributed by atoms with Gasteiger partial charge < -0.3 is 15.2 Å². The molecule has 1 saturated heterocycles. The summed E-state index contributed by atoms with van der Waals surface area (Å²) in [6.07, 6.45) is -3.63. The molecule has 11 heteroatoms. The van der Waals surface area contributed by atoms with Gasteiger partial charge in [-0.3, -0.25) is 4.79 Å². The summed E-state index contributed by atoms with van der Waals surface area (Å²) in [5, 5.41) is 12.6. The molecule has 0 radical (unpaired) electrons. The number of hydrogen-bond acceptors (Lipinski definition) is 6. The van der Waals surface area contributed by atoms with E-state index >= 15 is 0 Å². The number of halogens is 3. The largest absolute Gasteiger partial charge is 0.389 e. The van der Waals surface area contributed by atoms with Gasteiger partial charge in [-0.2, -0.15) is 13.2 Å². The first-order valence-electron chi connectivity index (χ1n) is 8.89. The summed E-state index contributed by atoms with van der Waals surface area (Å²) in [4.78, 5) is 25.7. The summed E-state index contributed by atoms with van der Waals surface area (Å²) >= 11 is 0. The van der Waals surface area contributed by atoms with E-state index < -0.39 is 24.9 Å². The highest BCUT2D eigenvalue weighted by atomic mass is 19.4. The van der Waals surface area contributed by atoms with Crippen molar-refractivity contribution < 1.29 is 18.0 Å². The van der Waals surface area contributed by atoms with Crippen molar-refractivity contribution in [1.29, 1.82) is 0 Å². The highest BCUT2D eigenvalue weighted by Crippen LogP contribution is 2.31. The van der Waals surface area contributed by atoms with E-state index in [1.165, 1.54) is 0 Å². The molecule has 148 valence electrons. The Morgan fingerprint density at radius 1 is 1.36 bits per heavy atom. The molecule has 2 N–H and O–H groups in total. The van der Waals surface area contributed by atoms with E-state index in [0.29, 0.717) is 42.4 Å². The first kappa shape index (κ1) is 18.4. The molecule has 4 heterocycles. The third-order valence-corrected chi connectivity index (χ3v) is 4.71. The summed E-state index contributed by atoms with van der Waals surface area (Å²) in [5.74, 6) is 0.644. The lowest BCUT2D eigenvalue weighted by molar-refractivity contribution is -0.144. The molecule has 28 heavy (non-hydrogen) atoms. The fourth-order valence-corrected chi connectivity index (χ4v) is 3.45. The quantitative estimate of drug-likeness (QED) is 0.705. The van der Waals surface area contributed by atoms with Gasteiger partial charge in [-0.15, -0.1) is 10.2 Å². The summed E-state index contributed by atoms with van der Waals surface area (Å²) in [5.41, 5.74) is 1.10. The van der Waals surface area contributed by atoms with E-state index in [4.69, 9.17) is 0 Å². The van der Waals surface area contributed by atoms with E-state index in [2.05, 4.69) is 30.5 Å². The van der Waals surface area contributed by atoms with Gasteiger partial charge in [0.15, 0.2) is 11.3 Å². The van der Waals surface area contributed by atoms with Gasteiger partial charge in [-0.25, -0.2) is 9.97 Å². The Hall–Kier alpha value is -2.98. The number of carbonyl (C=O) groups excluding carboxylic acids is 1. The summed E-state index contributed by atoms with van der Waals surface area (Å²) in [6.45, 7) is 2.83. The summed E-state index contributed by atoms with van der Waals surface area (Å²) in [6, 6.07) is 1.64. The minimum atomic E-state index is -4.33. The van der Waals surface area contributed by atoms with Crippen LogP contribution in [0.15, 0.2) is 12.3 Å². The fraction of sp³-hybridized carbons (Fsp3) is 0.471. The molecule has 4 rings (SSSR count). The first-order chi connectivity index (χ1) is 13.3. The van der Waals surface area contributed by atoms with Crippen molar-refractivity contribution in [3.8, 4) is 0 Å². The number of amides is 1. The van der Waals surface area contributed by atoms with Gasteiger partial charge in [0.25, 0.3) is 0 Å². The maximum atomic E-state index is 12.3. The predicted molar refractivity (Wildman–Crippen MR) is 95.8 cm³/mol. The number of hydrogen-bond donors (Lipinski definition) is 2. The van der Waals surface area contributed by atoms with Gasteiger partial charge in [-0.05, 0) is 19.4 Å². The molecule has 1 fully saturated rings. The second kappa shape index (κ2) is 6.88. The number of nitrogens with zero attached hydrogens (tertiary/aromatic N) is 5. The number of aromatic amines is 1. The monoisotopic (exact) mass is 393 g/mol. The van der Waals surface area contributed by atoms with Crippen molar-refractivity contribution in [2.24, 2.45) is 0 Å². The number of aryl methyl sites for hydroxylation is 1. The molecule has 0 aromatic carbocycles. The van der Waals surface area contributed by atoms with Crippen LogP contribution in [0.5, 0.6) is 0 Å². The van der Waals surface area contributed by atoms with Crippen molar-refractivity contribution in [2.45, 2.75) is 38.4 Å². The zero-order chi connectivity index (χ0) is 19.9. The van der Waals surface area contributed by atoms with Crippen LogP contribution in [0.2, 0.25) is 0 Å². The molecule has 0 spiro atoms. The average Bonchev–Trinajstić information content (AvgIpc) is 3.27. The number of rotatable bonds is 4. The van der Waals surface area contributed by atoms with Gasteiger partial charge >= 0.3 is 6.18 Å². The van der Waals surface area contributed by atoms with Gasteiger partial charge in [-0.1, -0.05) is 0 Å². The average molecular weight is 393 g/mol. The van der Waals surface area contributed by atoms with Crippen LogP contribution in [0.25, 0.3) is 22.1 Å². The number of anilines is 1. The number of nitrogens with one attached hydrogen (secondary N) is 2. The topological polar surface area (TPSA) is 99.7 Å². The minimum absolute atomic E-state index is 0.234. The molecular formula is C17H18F3N7O. The molecular weight excluding hydrogens is 375 g/mol. The van der Waals surface area contributed by atoms with Crippen molar-refractivity contribution >= 4 is 33.8 Å². The third kappa shape index (κ3) is 3.69. The van der Waals surface area contributed by atoms with Crippen LogP contribution in [0.1, 0.15) is 25.1 Å². The van der Waals surface area contributed by atoms with Crippen LogP contribution in [-0.2, 0) is 4.79 Å². The van der Waals surface area contributed by atoms with Crippen LogP contribution in [-0.4, -0.2) is 56.4 Å². The molecule has 0 aliphatic carbocycles. The molecule has 0 bridgehead atoms. The first-order valence-corrected chi connectivity index (χ1v) is 8.89. The molecule has 1 aliphatic rings. The van der Waals surface area contributed by atoms with Crippen LogP contribution >= 0.6 is 0 Å². The Morgan fingerprint density at radius 3 is 2.96 bits per heavy atom. The van der Waals surface area contributed by atoms with Gasteiger partial charge in [0, 0.05) is 37.1 Å². The molecule has 3 aromatic heterocycles. The van der Waals surface area contributed by atoms with Crippen LogP contribution in [0.4, 0.5) is 19.0 Å². The van der Waals surface area contributed by atoms with Crippen molar-refractivity contribution in [3.05, 3.63) is 18.1 Å². The highest BCUT2D eigenvalue weighted by molar-refractivity contribution is 6.07. The maximum Gasteiger partial charge on any atom is 0.389 e. The highest BCUT2D eigenvalue weighted by Gasteiger charge is 2.30. The smallest absolute Gasteiger partial charge is 0.354 e. The van der Waals surface area contributed by atoms with Gasteiger partial charge in [0.1, 0.15) is 11.6 Å². The van der Waals surface area contributed by atoms with Crippen molar-refractivity contribution in [3.63, 3.8) is 0 Å². The lowest BCUT2D eigenvalue weighted by Gasteiger charge is -2.20. The minimum Gasteiger partial charge on any atom is -0.354 e. The molecule has 1 amide bonds. The second-order valence-electron chi connectivity index (χ2n) is 6.85. The Morgan fingerprint density at radius 2 is 2.18 bits per heavy atom. The summed E-state index contributed by atoms with van der Waals surface area (Å²) < 4.78 is 36.9. The Labute approximate surface area is 157 Å². The van der Waals surface area contributed by atoms with Crippen molar-refractivity contribution in [1.82, 2.24) is 30.5 Å². The van der Waals surface area contributed by atoms with E-state index in [1.807, 2.05) is 11.0 Å². The normalized spacial score (nSPS) is 17.6. The number of aromatic nitrogens is 5. The zero-order valence-electron chi connectivity index (χ0n) is 15.0. The Balaban J connectivity index is 1.55. The molecule has 1 atom stereocenters. The standard InChI is InChI=1S/C17H18F3N7O/c1-9-22-15-13(11-3-6-21-14(11)25-26-15)16(23-9)27-7-4-10(8-27)24-12(28)2-5-17(18,19)20/h3,6,10H,2,4-5,7-8H2,1H3,(H,21,25)(H,24,28). The lowest BCUT2D eigenvalue weighted by atomic mass is 10.2. The molecule has 3 aromatic rings. The van der Waals surface area contributed by atoms with E-state index in [0.717, 1.165) is 10.8 Å². The fourth-order valence-electron chi connectivity index (χ4n) is 3.45. The number of fused-ring (bicyclic) bond motifs is 3. The number of H-pyrrole nitrogens is 1. The van der Waals surface area contributed by atoms with Gasteiger partial charge in [0.2, 0.25) is 5.91 Å². The Bertz CT molecular complexity index is 1030. The number of carbonyl (C=O) groups is 1. The third-order valence-electron chi connectivity index (χ3n) is 4.71. The zero-order valence-corrected chi connectivity index (χ0v) is 15.0. The van der Waals surface area contributed by atoms with Crippen LogP contribution in [0, 0.1) is 6.92 Å². The SMILES string of the molecule is Cc1nc(N2CCC(NC(=O)CCC(F)(F)F)C2)c2c(nnc3[nH]ccc32)n1. The Kier molecular flexibility index (Phi) is 4.52. The van der Waals surface area contributed by atoms with Crippen LogP contribution in [0.3, 0.4) is 0 Å². The molecule has 0 saturated carbocycles. The van der Waals surface area contributed by atoms with E-state index in [9.17, 15) is 18.0 Å².